The number of aromatic nitrogens is 4. The molecule has 0 spiro atoms. The van der Waals surface area contributed by atoms with Crippen molar-refractivity contribution in [2.45, 2.75) is 44.3 Å². The number of amides is 1. The maximum absolute atomic E-state index is 15.8. The number of nitrogens with one attached hydrogen (secondary N) is 1. The van der Waals surface area contributed by atoms with Gasteiger partial charge in [-0.15, -0.1) is 0 Å². The number of para-hydroxylation sites is 2. The highest BCUT2D eigenvalue weighted by Gasteiger charge is 2.41. The molecule has 1 unspecified atom stereocenters. The summed E-state index contributed by atoms with van der Waals surface area (Å²) in [5.74, 6) is -0.314. The van der Waals surface area contributed by atoms with Crippen molar-refractivity contribution >= 4 is 16.9 Å². The van der Waals surface area contributed by atoms with E-state index >= 15 is 4.39 Å². The zero-order valence-corrected chi connectivity index (χ0v) is 19.5. The molecule has 8 nitrogen and oxygen atoms in total. The lowest BCUT2D eigenvalue weighted by atomic mass is 9.81. The van der Waals surface area contributed by atoms with Gasteiger partial charge in [0.05, 0.1) is 17.2 Å². The number of carbonyl (C=O) groups excluding carboxylic acids is 1. The van der Waals surface area contributed by atoms with E-state index in [1.165, 1.54) is 18.6 Å². The van der Waals surface area contributed by atoms with Crippen LogP contribution in [-0.2, 0) is 0 Å². The van der Waals surface area contributed by atoms with Gasteiger partial charge in [0.25, 0.3) is 5.91 Å². The highest BCUT2D eigenvalue weighted by atomic mass is 19.1. The summed E-state index contributed by atoms with van der Waals surface area (Å²) in [6.07, 6.45) is 6.89. The number of aromatic amines is 1. The zero-order valence-electron chi connectivity index (χ0n) is 19.5. The van der Waals surface area contributed by atoms with E-state index in [9.17, 15) is 9.59 Å². The Morgan fingerprint density at radius 2 is 1.91 bits per heavy atom. The molecule has 1 atom stereocenters. The van der Waals surface area contributed by atoms with Crippen LogP contribution in [0.1, 0.15) is 49.1 Å². The molecular weight excluding hydrogens is 435 g/mol. The van der Waals surface area contributed by atoms with Gasteiger partial charge in [0, 0.05) is 57.1 Å². The summed E-state index contributed by atoms with van der Waals surface area (Å²) in [7, 11) is 0. The van der Waals surface area contributed by atoms with Gasteiger partial charge in [-0.25, -0.2) is 14.2 Å². The van der Waals surface area contributed by atoms with Crippen LogP contribution in [0.5, 0.6) is 0 Å². The van der Waals surface area contributed by atoms with Crippen LogP contribution in [0.4, 0.5) is 4.39 Å². The van der Waals surface area contributed by atoms with Gasteiger partial charge in [-0.2, -0.15) is 0 Å². The second kappa shape index (κ2) is 9.29. The number of H-pyrrole nitrogens is 1. The number of benzene rings is 1. The third kappa shape index (κ3) is 4.36. The number of hydrogen-bond acceptors (Lipinski definition) is 5. The minimum absolute atomic E-state index is 0.0569. The summed E-state index contributed by atoms with van der Waals surface area (Å²) in [4.78, 5) is 40.1. The summed E-state index contributed by atoms with van der Waals surface area (Å²) in [6, 6.07) is 7.95. The average Bonchev–Trinajstić information content (AvgIpc) is 3.21. The molecular formula is C25H31FN6O2. The minimum Gasteiger partial charge on any atom is -0.337 e. The van der Waals surface area contributed by atoms with Gasteiger partial charge in [-0.05, 0) is 37.8 Å². The van der Waals surface area contributed by atoms with Crippen molar-refractivity contribution in [1.82, 2.24) is 29.3 Å². The fraction of sp³-hybridized carbons (Fsp3) is 0.520. The van der Waals surface area contributed by atoms with Gasteiger partial charge in [0.15, 0.2) is 0 Å². The fourth-order valence-corrected chi connectivity index (χ4v) is 5.49. The highest BCUT2D eigenvalue weighted by Crippen LogP contribution is 2.36. The van der Waals surface area contributed by atoms with Crippen molar-refractivity contribution < 1.29 is 9.18 Å². The van der Waals surface area contributed by atoms with Gasteiger partial charge in [0.1, 0.15) is 11.4 Å². The number of rotatable bonds is 5. The number of hydrogen-bond donors (Lipinski definition) is 1. The largest absolute Gasteiger partial charge is 0.337 e. The van der Waals surface area contributed by atoms with E-state index in [2.05, 4.69) is 19.9 Å². The third-order valence-corrected chi connectivity index (χ3v) is 7.63. The van der Waals surface area contributed by atoms with E-state index in [0.29, 0.717) is 38.2 Å². The quantitative estimate of drug-likeness (QED) is 0.625. The van der Waals surface area contributed by atoms with Crippen LogP contribution >= 0.6 is 0 Å². The molecule has 0 radical (unpaired) electrons. The number of alkyl halides is 1. The van der Waals surface area contributed by atoms with E-state index < -0.39 is 5.67 Å². The van der Waals surface area contributed by atoms with Crippen molar-refractivity contribution in [2.24, 2.45) is 5.92 Å². The summed E-state index contributed by atoms with van der Waals surface area (Å²) in [5.41, 5.74) is 0.776. The molecule has 2 saturated heterocycles. The first-order chi connectivity index (χ1) is 16.4. The Morgan fingerprint density at radius 1 is 1.18 bits per heavy atom. The summed E-state index contributed by atoms with van der Waals surface area (Å²) in [6.45, 7) is 5.13. The van der Waals surface area contributed by atoms with Crippen molar-refractivity contribution in [3.63, 3.8) is 0 Å². The van der Waals surface area contributed by atoms with Crippen LogP contribution in [0.15, 0.2) is 47.7 Å². The van der Waals surface area contributed by atoms with Crippen molar-refractivity contribution in [3.05, 3.63) is 59.0 Å². The predicted octanol–water partition coefficient (Wildman–Crippen LogP) is 3.04. The Kier molecular flexibility index (Phi) is 6.20. The van der Waals surface area contributed by atoms with Crippen LogP contribution in [0, 0.1) is 5.92 Å². The second-order valence-electron chi connectivity index (χ2n) is 9.67. The standard InChI is InChI=1S/C25H31FN6O2/c1-18(25(26)8-14-31(15-9-25)23(33)21-16-27-10-11-28-21)17-30-12-6-19(7-13-30)32-22-5-3-2-4-20(22)29-24(32)34/h2-5,10-11,16,18-19H,6-9,12-15,17H2,1H3,(H,29,34). The van der Waals surface area contributed by atoms with Gasteiger partial charge in [-0.1, -0.05) is 19.1 Å². The summed E-state index contributed by atoms with van der Waals surface area (Å²) >= 11 is 0. The van der Waals surface area contributed by atoms with E-state index in [-0.39, 0.29) is 23.6 Å². The molecule has 5 rings (SSSR count). The van der Waals surface area contributed by atoms with E-state index in [4.69, 9.17) is 0 Å². The van der Waals surface area contributed by atoms with Crippen molar-refractivity contribution in [1.29, 1.82) is 0 Å². The molecule has 0 bridgehead atoms. The first kappa shape index (κ1) is 22.7. The number of carbonyl (C=O) groups is 1. The molecule has 0 aliphatic carbocycles. The third-order valence-electron chi connectivity index (χ3n) is 7.63. The smallest absolute Gasteiger partial charge is 0.326 e. The monoisotopic (exact) mass is 466 g/mol. The average molecular weight is 467 g/mol. The predicted molar refractivity (Wildman–Crippen MR) is 127 cm³/mol. The molecule has 1 N–H and O–H groups in total. The van der Waals surface area contributed by atoms with E-state index in [1.54, 1.807) is 4.90 Å². The molecule has 2 aromatic heterocycles. The van der Waals surface area contributed by atoms with Crippen LogP contribution in [0.2, 0.25) is 0 Å². The second-order valence-corrected chi connectivity index (χ2v) is 9.67. The summed E-state index contributed by atoms with van der Waals surface area (Å²) < 4.78 is 17.7. The van der Waals surface area contributed by atoms with Gasteiger partial charge in [0.2, 0.25) is 0 Å². The Morgan fingerprint density at radius 3 is 2.62 bits per heavy atom. The number of piperidine rings is 2. The minimum atomic E-state index is -1.29. The molecule has 9 heteroatoms. The maximum atomic E-state index is 15.8. The van der Waals surface area contributed by atoms with Gasteiger partial charge in [-0.3, -0.25) is 14.3 Å². The molecule has 2 aliphatic heterocycles. The molecule has 34 heavy (non-hydrogen) atoms. The molecule has 2 aliphatic rings. The Labute approximate surface area is 197 Å². The lowest BCUT2D eigenvalue weighted by Crippen LogP contribution is -2.50. The Bertz CT molecular complexity index is 1190. The molecule has 2 fully saturated rings. The Hall–Kier alpha value is -3.07. The van der Waals surface area contributed by atoms with Gasteiger partial charge >= 0.3 is 5.69 Å². The first-order valence-electron chi connectivity index (χ1n) is 12.1. The van der Waals surface area contributed by atoms with Crippen LogP contribution in [0.25, 0.3) is 11.0 Å². The maximum Gasteiger partial charge on any atom is 0.326 e. The number of imidazole rings is 1. The lowest BCUT2D eigenvalue weighted by Gasteiger charge is -2.42. The van der Waals surface area contributed by atoms with Crippen molar-refractivity contribution in [3.8, 4) is 0 Å². The van der Waals surface area contributed by atoms with Crippen LogP contribution < -0.4 is 5.69 Å². The zero-order chi connectivity index (χ0) is 23.7. The van der Waals surface area contributed by atoms with Gasteiger partial charge < -0.3 is 14.8 Å². The number of nitrogens with zero attached hydrogens (tertiary/aromatic N) is 5. The molecule has 3 aromatic rings. The van der Waals surface area contributed by atoms with Crippen LogP contribution in [-0.4, -0.2) is 73.6 Å². The SMILES string of the molecule is CC(CN1CCC(n2c(=O)[nH]c3ccccc32)CC1)C1(F)CCN(C(=O)c2cnccn2)CC1. The molecule has 1 aromatic carbocycles. The first-order valence-corrected chi connectivity index (χ1v) is 12.1. The van der Waals surface area contributed by atoms with E-state index in [0.717, 1.165) is 37.0 Å². The Balaban J connectivity index is 1.15. The molecule has 1 amide bonds. The van der Waals surface area contributed by atoms with E-state index in [1.807, 2.05) is 35.8 Å². The highest BCUT2D eigenvalue weighted by molar-refractivity contribution is 5.92. The molecule has 4 heterocycles. The number of fused-ring (bicyclic) bond motifs is 1. The number of halogens is 1. The van der Waals surface area contributed by atoms with Crippen LogP contribution in [0.3, 0.4) is 0 Å². The molecule has 180 valence electrons. The topological polar surface area (TPSA) is 87.1 Å². The molecule has 0 saturated carbocycles. The lowest BCUT2D eigenvalue weighted by molar-refractivity contribution is -0.00102. The van der Waals surface area contributed by atoms with Crippen molar-refractivity contribution in [2.75, 3.05) is 32.7 Å². The summed E-state index contributed by atoms with van der Waals surface area (Å²) in [5, 5.41) is 0. The normalized spacial score (nSPS) is 20.5. The number of likely N-dealkylation sites (tertiary alicyclic amines) is 2. The fourth-order valence-electron chi connectivity index (χ4n) is 5.49.